The van der Waals surface area contributed by atoms with E-state index < -0.39 is 11.2 Å². The molecule has 4 heterocycles. The van der Waals surface area contributed by atoms with E-state index in [1.165, 1.54) is 12.1 Å². The molecule has 1 aliphatic carbocycles. The zero-order valence-electron chi connectivity index (χ0n) is 22.4. The van der Waals surface area contributed by atoms with Gasteiger partial charge in [0.25, 0.3) is 5.91 Å². The first-order valence-electron chi connectivity index (χ1n) is 13.8. The molecule has 2 N–H and O–H groups in total. The Labute approximate surface area is 227 Å². The van der Waals surface area contributed by atoms with Crippen molar-refractivity contribution in [3.05, 3.63) is 41.3 Å². The molecule has 6 rings (SSSR count). The average Bonchev–Trinajstić information content (AvgIpc) is 3.68. The number of benzene rings is 1. The Morgan fingerprint density at radius 2 is 2.00 bits per heavy atom. The van der Waals surface area contributed by atoms with Gasteiger partial charge in [-0.15, -0.1) is 0 Å². The second kappa shape index (κ2) is 9.86. The van der Waals surface area contributed by atoms with Gasteiger partial charge in [0.1, 0.15) is 17.1 Å². The van der Waals surface area contributed by atoms with Crippen LogP contribution in [0.2, 0.25) is 0 Å². The predicted octanol–water partition coefficient (Wildman–Crippen LogP) is 2.47. The van der Waals surface area contributed by atoms with Crippen molar-refractivity contribution < 1.29 is 18.8 Å². The van der Waals surface area contributed by atoms with Gasteiger partial charge in [-0.1, -0.05) is 12.8 Å². The fourth-order valence-corrected chi connectivity index (χ4v) is 6.48. The smallest absolute Gasteiger partial charge is 0.256 e. The van der Waals surface area contributed by atoms with Crippen LogP contribution in [0.4, 0.5) is 21.8 Å². The van der Waals surface area contributed by atoms with Crippen molar-refractivity contribution in [3.63, 3.8) is 0 Å². The molecule has 1 unspecified atom stereocenters. The molecule has 206 valence electrons. The van der Waals surface area contributed by atoms with E-state index in [0.717, 1.165) is 37.7 Å². The van der Waals surface area contributed by atoms with Crippen molar-refractivity contribution in [1.82, 2.24) is 25.1 Å². The minimum Gasteiger partial charge on any atom is -0.355 e. The minimum absolute atomic E-state index is 0.00926. The third kappa shape index (κ3) is 4.42. The van der Waals surface area contributed by atoms with Crippen LogP contribution >= 0.6 is 0 Å². The molecule has 10 nitrogen and oxygen atoms in total. The summed E-state index contributed by atoms with van der Waals surface area (Å²) in [5, 5.41) is 5.87. The molecule has 3 fully saturated rings. The fraction of sp³-hybridized carbons (Fsp3) is 0.536. The highest BCUT2D eigenvalue weighted by Gasteiger charge is 2.56. The first kappa shape index (κ1) is 25.7. The van der Waals surface area contributed by atoms with Crippen molar-refractivity contribution in [2.45, 2.75) is 57.0 Å². The number of fused-ring (bicyclic) bond motifs is 1. The molecule has 0 radical (unpaired) electrons. The van der Waals surface area contributed by atoms with Crippen molar-refractivity contribution in [3.8, 4) is 0 Å². The minimum atomic E-state index is -1.10. The first-order valence-corrected chi connectivity index (χ1v) is 13.8. The molecule has 2 aromatic rings. The number of halogens is 1. The molecule has 1 saturated carbocycles. The van der Waals surface area contributed by atoms with Gasteiger partial charge < -0.3 is 20.4 Å². The molecule has 39 heavy (non-hydrogen) atoms. The Hall–Kier alpha value is -3.60. The number of likely N-dealkylation sites (N-methyl/N-ethyl adjacent to an activating group) is 1. The number of nitrogens with zero attached hydrogens (tertiary/aromatic N) is 5. The highest BCUT2D eigenvalue weighted by molar-refractivity contribution is 6.14. The van der Waals surface area contributed by atoms with E-state index in [4.69, 9.17) is 0 Å². The lowest BCUT2D eigenvalue weighted by molar-refractivity contribution is -0.140. The first-order chi connectivity index (χ1) is 18.8. The van der Waals surface area contributed by atoms with Crippen LogP contribution < -0.4 is 15.5 Å². The lowest BCUT2D eigenvalue weighted by atomic mass is 9.76. The maximum atomic E-state index is 15.1. The summed E-state index contributed by atoms with van der Waals surface area (Å²) < 4.78 is 15.1. The van der Waals surface area contributed by atoms with Crippen LogP contribution in [0.25, 0.3) is 0 Å². The third-order valence-electron chi connectivity index (χ3n) is 8.79. The molecular weight excluding hydrogens is 501 g/mol. The SMILES string of the molecule is CN(C)[C@H]1CCN(C(=O)c2ccc(Nc3ncc4c(n3)N(C3CCCC3)C(=O)C3(CCNC3=O)C4)cc2F)C1. The van der Waals surface area contributed by atoms with Crippen molar-refractivity contribution in [1.29, 1.82) is 0 Å². The van der Waals surface area contributed by atoms with E-state index in [9.17, 15) is 14.4 Å². The van der Waals surface area contributed by atoms with E-state index in [0.29, 0.717) is 37.6 Å². The van der Waals surface area contributed by atoms with Gasteiger partial charge >= 0.3 is 0 Å². The zero-order valence-corrected chi connectivity index (χ0v) is 22.4. The summed E-state index contributed by atoms with van der Waals surface area (Å²) in [5.74, 6) is -0.597. The predicted molar refractivity (Wildman–Crippen MR) is 143 cm³/mol. The highest BCUT2D eigenvalue weighted by atomic mass is 19.1. The number of rotatable bonds is 5. The summed E-state index contributed by atoms with van der Waals surface area (Å²) >= 11 is 0. The van der Waals surface area contributed by atoms with Crippen LogP contribution in [0.15, 0.2) is 24.4 Å². The lowest BCUT2D eigenvalue weighted by Crippen LogP contribution is -2.56. The van der Waals surface area contributed by atoms with Crippen LogP contribution in [-0.2, 0) is 16.0 Å². The molecule has 1 aromatic heterocycles. The van der Waals surface area contributed by atoms with Gasteiger partial charge in [0.2, 0.25) is 17.8 Å². The normalized spacial score (nSPS) is 25.1. The third-order valence-corrected chi connectivity index (χ3v) is 8.79. The van der Waals surface area contributed by atoms with Crippen LogP contribution in [-0.4, -0.2) is 83.3 Å². The topological polar surface area (TPSA) is 111 Å². The monoisotopic (exact) mass is 535 g/mol. The molecule has 2 atom stereocenters. The number of hydrogen-bond acceptors (Lipinski definition) is 7. The molecule has 0 bridgehead atoms. The number of likely N-dealkylation sites (tertiary alicyclic amines) is 1. The summed E-state index contributed by atoms with van der Waals surface area (Å²) in [6, 6.07) is 4.65. The average molecular weight is 536 g/mol. The number of amides is 3. The van der Waals surface area contributed by atoms with Gasteiger partial charge in [-0.05, 0) is 58.0 Å². The fourth-order valence-electron chi connectivity index (χ4n) is 6.48. The maximum Gasteiger partial charge on any atom is 0.256 e. The summed E-state index contributed by atoms with van der Waals surface area (Å²) in [6.45, 7) is 1.66. The van der Waals surface area contributed by atoms with Crippen LogP contribution in [0.5, 0.6) is 0 Å². The number of aromatic nitrogens is 2. The Morgan fingerprint density at radius 1 is 1.21 bits per heavy atom. The highest BCUT2D eigenvalue weighted by Crippen LogP contribution is 2.44. The maximum absolute atomic E-state index is 15.1. The molecule has 3 aliphatic heterocycles. The number of anilines is 3. The van der Waals surface area contributed by atoms with Gasteiger partial charge in [0, 0.05) is 55.6 Å². The number of hydrogen-bond donors (Lipinski definition) is 2. The summed E-state index contributed by atoms with van der Waals surface area (Å²) in [6.07, 6.45) is 7.04. The van der Waals surface area contributed by atoms with Crippen molar-refractivity contribution in [2.24, 2.45) is 5.41 Å². The van der Waals surface area contributed by atoms with E-state index in [-0.39, 0.29) is 47.7 Å². The Balaban J connectivity index is 1.24. The van der Waals surface area contributed by atoms with Crippen LogP contribution in [0.1, 0.15) is 54.4 Å². The second-order valence-corrected chi connectivity index (χ2v) is 11.4. The molecular formula is C28H34FN7O3. The largest absolute Gasteiger partial charge is 0.355 e. The van der Waals surface area contributed by atoms with Gasteiger partial charge in [-0.2, -0.15) is 4.98 Å². The van der Waals surface area contributed by atoms with E-state index in [2.05, 4.69) is 25.5 Å². The van der Waals surface area contributed by atoms with Crippen LogP contribution in [0, 0.1) is 11.2 Å². The summed E-state index contributed by atoms with van der Waals surface area (Å²) in [4.78, 5) is 54.2. The van der Waals surface area contributed by atoms with Gasteiger partial charge in [0.15, 0.2) is 0 Å². The molecule has 2 saturated heterocycles. The molecule has 3 amide bonds. The Kier molecular flexibility index (Phi) is 6.49. The second-order valence-electron chi connectivity index (χ2n) is 11.4. The molecule has 1 aromatic carbocycles. The Bertz CT molecular complexity index is 1330. The number of carbonyl (C=O) groups is 3. The summed E-state index contributed by atoms with van der Waals surface area (Å²) in [7, 11) is 3.96. The van der Waals surface area contributed by atoms with Crippen molar-refractivity contribution in [2.75, 3.05) is 43.9 Å². The van der Waals surface area contributed by atoms with Crippen molar-refractivity contribution >= 4 is 35.2 Å². The summed E-state index contributed by atoms with van der Waals surface area (Å²) in [5.41, 5.74) is 0.0986. The number of nitrogens with one attached hydrogen (secondary N) is 2. The molecule has 4 aliphatic rings. The zero-order chi connectivity index (χ0) is 27.3. The van der Waals surface area contributed by atoms with E-state index in [1.807, 2.05) is 14.1 Å². The van der Waals surface area contributed by atoms with Gasteiger partial charge in [-0.25, -0.2) is 9.37 Å². The standard InChI is InChI=1S/C28H34FN7O3/c1-34(2)20-9-12-35(16-20)24(37)21-8-7-18(13-22(21)29)32-27-31-15-17-14-28(10-11-30-25(28)38)26(39)36(23(17)33-27)19-5-3-4-6-19/h7-8,13,15,19-20H,3-6,9-12,14,16H2,1-2H3,(H,30,38)(H,31,32,33)/t20-,28?/m0/s1. The molecule has 1 spiro atoms. The Morgan fingerprint density at radius 3 is 2.67 bits per heavy atom. The van der Waals surface area contributed by atoms with Crippen LogP contribution in [0.3, 0.4) is 0 Å². The van der Waals surface area contributed by atoms with E-state index >= 15 is 4.39 Å². The van der Waals surface area contributed by atoms with Gasteiger partial charge in [-0.3, -0.25) is 19.3 Å². The van der Waals surface area contributed by atoms with E-state index in [1.54, 1.807) is 22.1 Å². The lowest BCUT2D eigenvalue weighted by Gasteiger charge is -2.40. The molecule has 11 heteroatoms. The van der Waals surface area contributed by atoms with Gasteiger partial charge in [0.05, 0.1) is 5.56 Å². The number of carbonyl (C=O) groups excluding carboxylic acids is 3. The quantitative estimate of drug-likeness (QED) is 0.566.